The summed E-state index contributed by atoms with van der Waals surface area (Å²) in [5.74, 6) is 0. The van der Waals surface area contributed by atoms with Crippen molar-refractivity contribution in [3.05, 3.63) is 0 Å². The van der Waals surface area contributed by atoms with E-state index in [2.05, 4.69) is 456 Å². The van der Waals surface area contributed by atoms with Crippen LogP contribution in [-0.2, 0) is 0 Å². The maximum atomic E-state index is 2.95. The van der Waals surface area contributed by atoms with E-state index in [9.17, 15) is 0 Å². The molecule has 0 rings (SSSR count). The van der Waals surface area contributed by atoms with Crippen molar-refractivity contribution in [3.8, 4) is 0 Å². The predicted molar refractivity (Wildman–Crippen MR) is 832 cm³/mol. The molecule has 0 radical (unpaired) electrons. The third kappa shape index (κ3) is 32.9. The summed E-state index contributed by atoms with van der Waals surface area (Å²) in [6.45, 7) is 0. The maximum Gasteiger partial charge on any atom is 0.0552 e. The molecule has 0 spiro atoms. The first-order valence-corrected chi connectivity index (χ1v) is 52.7. The van der Waals surface area contributed by atoms with Crippen molar-refractivity contribution in [1.29, 1.82) is 0 Å². The lowest BCUT2D eigenvalue weighted by molar-refractivity contribution is 3.11. The van der Waals surface area contributed by atoms with Crippen molar-refractivity contribution in [2.75, 3.05) is 0 Å². The summed E-state index contributed by atoms with van der Waals surface area (Å²) in [4.78, 5) is 0. The Morgan fingerprint density at radius 2 is 0.103 bits per heavy atom. The molecule has 0 aromatic carbocycles. The van der Waals surface area contributed by atoms with Gasteiger partial charge in [0.15, 0.2) is 0 Å². The predicted octanol–water partition coefficient (Wildman–Crippen LogP) is -75.8. The summed E-state index contributed by atoms with van der Waals surface area (Å²) in [6.07, 6.45) is 27.5. The minimum Gasteiger partial charge on any atom is 0.000000130 e. The van der Waals surface area contributed by atoms with Crippen LogP contribution in [0.4, 0.5) is 0 Å². The first-order valence-electron chi connectivity index (χ1n) is 52.7. The van der Waals surface area contributed by atoms with Gasteiger partial charge < -0.3 is 0 Å². The second-order valence-corrected chi connectivity index (χ2v) is 52.5. The van der Waals surface area contributed by atoms with E-state index in [0.717, 1.165) is 0 Å². The maximum absolute atomic E-state index is 2.95. The molecule has 0 aliphatic heterocycles. The van der Waals surface area contributed by atoms with Crippen molar-refractivity contribution in [3.63, 3.8) is 0 Å². The van der Waals surface area contributed by atoms with E-state index in [1.54, 1.807) is 0 Å². The van der Waals surface area contributed by atoms with E-state index in [4.69, 9.17) is 0 Å². The SMILES string of the molecule is BB(B)B(B)B(B(B(B)B)B(B)B)B(B(B(B)B)B(B)B)B(B(B(B(B(B)B)B(B)B)B(B(B)B)B(B)B)B(B(B(B)B)B(B)B)B(B(B)B)B(B)B)B(B(B(B(B(B)B)B(B)B)B(B(B)B)B(B)B)B(B(B(B)B)B(B)B)B(B(B)B)B(B)B)B(B(B(B(B)B)B(B)B)B(B(B)B)B(B)B)B(B(B(B)B)B(B)B)B(B(B)B)B(B)B. The molecule has 0 aromatic rings. The van der Waals surface area contributed by atoms with E-state index in [-0.39, 0.29) is 0 Å². The van der Waals surface area contributed by atoms with Crippen LogP contribution in [-0.4, -0.2) is 820 Å². The number of hydrogen-bond acceptors (Lipinski definition) is 0. The molecule has 0 unspecified atom stereocenters. The van der Waals surface area contributed by atoms with Gasteiger partial charge in [0, 0.05) is 364 Å². The Labute approximate surface area is 811 Å². The van der Waals surface area contributed by atoms with Crippen molar-refractivity contribution < 1.29 is 0 Å². The van der Waals surface area contributed by atoms with Gasteiger partial charge in [0.25, 0.3) is 0 Å². The average Bonchev–Trinajstić information content (AvgIpc) is 0.702. The Balaban J connectivity index is 16.2. The van der Waals surface area contributed by atoms with Gasteiger partial charge in [-0.05, 0) is 0 Å². The molecule has 0 heterocycles. The third-order valence-corrected chi connectivity index (χ3v) is 34.8. The first-order chi connectivity index (χ1) is 52.7. The Hall–Kier alpha value is 7.53. The normalized spacial score (nSPS) is 9.86. The van der Waals surface area contributed by atoms with Crippen molar-refractivity contribution in [2.45, 2.75) is 0 Å². The molecule has 0 N–H and O–H groups in total. The Kier molecular flexibility index (Phi) is 60.5. The van der Waals surface area contributed by atoms with E-state index in [0.29, 0.717) is 364 Å². The van der Waals surface area contributed by atoms with Gasteiger partial charge in [0.05, 0.1) is 456 Å². The van der Waals surface area contributed by atoms with Crippen molar-refractivity contribution in [2.24, 2.45) is 0 Å². The Morgan fingerprint density at radius 3 is 0.164 bits per heavy atom. The third-order valence-electron chi connectivity index (χ3n) is 34.8. The van der Waals surface area contributed by atoms with Crippen LogP contribution in [0.2, 0.25) is 0 Å². The quantitative estimate of drug-likeness (QED) is 0.0533. The average molecular weight is 1370 g/mol. The van der Waals surface area contributed by atoms with Crippen LogP contribution in [0.25, 0.3) is 0 Å². The van der Waals surface area contributed by atoms with Crippen LogP contribution in [0.1, 0.15) is 0 Å². The molecule has 0 nitrogen and oxygen atoms in total. The minimum absolute atomic E-state index is 0.349. The minimum atomic E-state index is 0.349. The van der Waals surface area contributed by atoms with Gasteiger partial charge in [0.2, 0.25) is 0 Å². The lowest BCUT2D eigenvalue weighted by atomic mass is 8.17. The molecule has 0 amide bonds. The highest BCUT2D eigenvalue weighted by molar-refractivity contribution is 8.46. The van der Waals surface area contributed by atoms with Crippen LogP contribution < -0.4 is 0 Å². The molecule has 0 atom stereocenters. The smallest absolute Gasteiger partial charge is 0.000000130 e. The summed E-state index contributed by atoms with van der Waals surface area (Å²) >= 11 is 0. The van der Waals surface area contributed by atoms with Crippen LogP contribution in [0, 0.1) is 0 Å². The highest BCUT2D eigenvalue weighted by atomic mass is 13.5. The van der Waals surface area contributed by atoms with Crippen molar-refractivity contribution in [1.82, 2.24) is 0 Å². The first kappa shape index (κ1) is 124. The van der Waals surface area contributed by atoms with Gasteiger partial charge in [-0.3, -0.25) is 0 Å². The summed E-state index contributed by atoms with van der Waals surface area (Å²) in [7, 11) is 167. The van der Waals surface area contributed by atoms with Gasteiger partial charge in [-0.15, -0.1) is 0 Å². The Bertz CT molecular complexity index is 2020. The summed E-state index contributed by atoms with van der Waals surface area (Å²) in [5.41, 5.74) is 0. The summed E-state index contributed by atoms with van der Waals surface area (Å²) in [5, 5.41) is 0. The Morgan fingerprint density at radius 1 is 0.0517 bits per heavy atom. The fourth-order valence-corrected chi connectivity index (χ4v) is 33.9. The molecule has 0 aliphatic carbocycles. The molecule has 116 heteroatoms. The molecule has 0 bridgehead atoms. The van der Waals surface area contributed by atoms with Gasteiger partial charge in [-0.25, -0.2) is 0 Å². The fraction of sp³-hybridized carbons (Fsp3) is 0. The summed E-state index contributed by atoms with van der Waals surface area (Å²) in [6, 6.07) is 0. The molecule has 0 aliphatic rings. The van der Waals surface area contributed by atoms with Crippen LogP contribution in [0.3, 0.4) is 0 Å². The summed E-state index contributed by atoms with van der Waals surface area (Å²) < 4.78 is 0. The molecule has 0 saturated heterocycles. The standard InChI is InChI=1S/B116H118/c1-60(2)89(59)104(90(61(3)4)62(5)6)111(103(87(55)56)88(57)58)115(112(105(91(63(7)8)64(9)10)92(65(11)12)66(13)14)106(93(67(15)16)68(17)18)94(69(19)20)70(21)22)116(113(107(95(71(23)24)72(25)26)96(73(27)28)74(29)30)108(97(75(31)32)76(33)34)98(77(35)36)78(37)38)114(109(99(79(39)40)80(41)42)100(81(43)44)82(45)46)110(101(83(47)48)84(49)50)102(85(51)52)86(53)54/h1-59H2. The molecular formula is H118B116. The second kappa shape index (κ2) is 56.8. The zero-order chi connectivity index (χ0) is 91.9. The molecule has 0 aromatic heterocycles. The number of rotatable bonds is 56. The molecule has 0 saturated carbocycles. The molecule has 0 fully saturated rings. The monoisotopic (exact) mass is 1400 g/mol. The zero-order valence-corrected chi connectivity index (χ0v) is 91.9. The highest BCUT2D eigenvalue weighted by Gasteiger charge is 2.71. The van der Waals surface area contributed by atoms with E-state index in [1.165, 1.54) is 0 Å². The van der Waals surface area contributed by atoms with Gasteiger partial charge in [0.1, 0.15) is 0 Å². The second-order valence-electron chi connectivity index (χ2n) is 52.5. The number of hydrogen-bond donors (Lipinski definition) is 0. The van der Waals surface area contributed by atoms with E-state index < -0.39 is 0 Å². The topological polar surface area (TPSA) is 0 Å². The van der Waals surface area contributed by atoms with Crippen LogP contribution >= 0.6 is 0 Å². The van der Waals surface area contributed by atoms with Crippen LogP contribution in [0.15, 0.2) is 0 Å². The zero-order valence-electron chi connectivity index (χ0n) is 91.9. The van der Waals surface area contributed by atoms with Crippen LogP contribution in [0.5, 0.6) is 0 Å². The van der Waals surface area contributed by atoms with E-state index >= 15 is 0 Å². The molecular weight excluding hydrogens is 1250 g/mol. The largest absolute Gasteiger partial charge is 0.0552 e. The van der Waals surface area contributed by atoms with Gasteiger partial charge in [-0.2, -0.15) is 0 Å². The molecule has 116 heavy (non-hydrogen) atoms. The fourth-order valence-electron chi connectivity index (χ4n) is 33.9. The highest BCUT2D eigenvalue weighted by Crippen LogP contribution is 2.32. The van der Waals surface area contributed by atoms with Gasteiger partial charge >= 0.3 is 0 Å². The van der Waals surface area contributed by atoms with Crippen molar-refractivity contribution >= 4 is 820 Å². The molecule has 466 valence electrons. The van der Waals surface area contributed by atoms with E-state index in [1.807, 2.05) is 0 Å². The van der Waals surface area contributed by atoms with Gasteiger partial charge in [-0.1, -0.05) is 0 Å². The lowest BCUT2D eigenvalue weighted by Gasteiger charge is -2.64. The lowest BCUT2D eigenvalue weighted by Crippen LogP contribution is -3.02.